The molecule has 7 heteroatoms. The van der Waals surface area contributed by atoms with Crippen LogP contribution in [0.25, 0.3) is 0 Å². The second-order valence-corrected chi connectivity index (χ2v) is 5.41. The molecule has 1 N–H and O–H groups in total. The van der Waals surface area contributed by atoms with Crippen molar-refractivity contribution in [2.24, 2.45) is 5.10 Å². The average molecular weight is 363 g/mol. The number of pyridine rings is 1. The zero-order valence-corrected chi connectivity index (χ0v) is 14.0. The number of benzene rings is 2. The first kappa shape index (κ1) is 17.9. The molecule has 0 fully saturated rings. The molecular formula is C20H14FN3O3. The van der Waals surface area contributed by atoms with E-state index in [-0.39, 0.29) is 11.3 Å². The molecule has 2 aromatic carbocycles. The standard InChI is InChI=1S/C20H14FN3O3/c21-17-7-2-5-15(11-17)20(26)27-18-8-1-4-14(10-18)12-23-24-19(25)16-6-3-9-22-13-16/h1-13H,(H,24,25)/b23-12+. The van der Waals surface area contributed by atoms with Crippen molar-refractivity contribution in [3.63, 3.8) is 0 Å². The van der Waals surface area contributed by atoms with Gasteiger partial charge < -0.3 is 4.74 Å². The van der Waals surface area contributed by atoms with Crippen LogP contribution in [0, 0.1) is 5.82 Å². The van der Waals surface area contributed by atoms with Gasteiger partial charge in [0.1, 0.15) is 11.6 Å². The van der Waals surface area contributed by atoms with Gasteiger partial charge in [-0.15, -0.1) is 0 Å². The maximum absolute atomic E-state index is 13.2. The third kappa shape index (κ3) is 5.05. The molecule has 0 aliphatic heterocycles. The number of rotatable bonds is 5. The molecule has 0 saturated heterocycles. The molecule has 0 radical (unpaired) electrons. The van der Waals surface area contributed by atoms with E-state index in [0.29, 0.717) is 11.1 Å². The lowest BCUT2D eigenvalue weighted by atomic mass is 10.2. The summed E-state index contributed by atoms with van der Waals surface area (Å²) in [5.41, 5.74) is 3.47. The number of carbonyl (C=O) groups excluding carboxylic acids is 2. The van der Waals surface area contributed by atoms with Crippen LogP contribution in [-0.2, 0) is 0 Å². The fourth-order valence-corrected chi connectivity index (χ4v) is 2.17. The SMILES string of the molecule is O=C(N/N=C/c1cccc(OC(=O)c2cccc(F)c2)c1)c1cccnc1. The molecular weight excluding hydrogens is 349 g/mol. The Bertz CT molecular complexity index is 991. The molecule has 1 amide bonds. The fraction of sp³-hybridized carbons (Fsp3) is 0. The summed E-state index contributed by atoms with van der Waals surface area (Å²) >= 11 is 0. The topological polar surface area (TPSA) is 80.6 Å². The first-order valence-electron chi connectivity index (χ1n) is 7.93. The molecule has 0 aliphatic rings. The molecule has 0 atom stereocenters. The van der Waals surface area contributed by atoms with Gasteiger partial charge in [0.15, 0.2) is 0 Å². The Morgan fingerprint density at radius 3 is 2.63 bits per heavy atom. The lowest BCUT2D eigenvalue weighted by Crippen LogP contribution is -2.17. The predicted octanol–water partition coefficient (Wildman–Crippen LogP) is 3.20. The van der Waals surface area contributed by atoms with Gasteiger partial charge in [-0.2, -0.15) is 5.10 Å². The van der Waals surface area contributed by atoms with E-state index in [9.17, 15) is 14.0 Å². The van der Waals surface area contributed by atoms with Crippen LogP contribution in [0.5, 0.6) is 5.75 Å². The van der Waals surface area contributed by atoms with Gasteiger partial charge in [-0.05, 0) is 48.0 Å². The summed E-state index contributed by atoms with van der Waals surface area (Å²) in [5, 5.41) is 3.87. The van der Waals surface area contributed by atoms with Gasteiger partial charge in [0.05, 0.1) is 17.3 Å². The van der Waals surface area contributed by atoms with Crippen molar-refractivity contribution >= 4 is 18.1 Å². The van der Waals surface area contributed by atoms with E-state index >= 15 is 0 Å². The van der Waals surface area contributed by atoms with Gasteiger partial charge >= 0.3 is 5.97 Å². The van der Waals surface area contributed by atoms with Crippen LogP contribution in [0.2, 0.25) is 0 Å². The maximum Gasteiger partial charge on any atom is 0.343 e. The van der Waals surface area contributed by atoms with Crippen LogP contribution in [-0.4, -0.2) is 23.1 Å². The first-order valence-corrected chi connectivity index (χ1v) is 7.93. The highest BCUT2D eigenvalue weighted by Gasteiger charge is 2.09. The van der Waals surface area contributed by atoms with Crippen LogP contribution < -0.4 is 10.2 Å². The number of amides is 1. The first-order chi connectivity index (χ1) is 13.1. The van der Waals surface area contributed by atoms with E-state index in [1.807, 2.05) is 0 Å². The Morgan fingerprint density at radius 1 is 1.04 bits per heavy atom. The third-order valence-corrected chi connectivity index (χ3v) is 3.43. The van der Waals surface area contributed by atoms with Gasteiger partial charge in [0.2, 0.25) is 0 Å². The lowest BCUT2D eigenvalue weighted by Gasteiger charge is -2.05. The molecule has 27 heavy (non-hydrogen) atoms. The number of halogens is 1. The number of nitrogens with zero attached hydrogens (tertiary/aromatic N) is 2. The summed E-state index contributed by atoms with van der Waals surface area (Å²) in [6, 6.07) is 15.0. The van der Waals surface area contributed by atoms with E-state index < -0.39 is 17.7 Å². The van der Waals surface area contributed by atoms with Crippen LogP contribution in [0.15, 0.2) is 78.2 Å². The number of nitrogens with one attached hydrogen (secondary N) is 1. The summed E-state index contributed by atoms with van der Waals surface area (Å²) in [4.78, 5) is 27.8. The normalized spacial score (nSPS) is 10.6. The number of ether oxygens (including phenoxy) is 1. The fourth-order valence-electron chi connectivity index (χ4n) is 2.17. The summed E-state index contributed by atoms with van der Waals surface area (Å²) in [5.74, 6) is -1.32. The maximum atomic E-state index is 13.2. The quantitative estimate of drug-likeness (QED) is 0.327. The van der Waals surface area contributed by atoms with Crippen molar-refractivity contribution in [2.75, 3.05) is 0 Å². The number of hydrogen-bond acceptors (Lipinski definition) is 5. The van der Waals surface area contributed by atoms with Crippen molar-refractivity contribution in [1.82, 2.24) is 10.4 Å². The highest BCUT2D eigenvalue weighted by Crippen LogP contribution is 2.15. The molecule has 6 nitrogen and oxygen atoms in total. The Labute approximate surface area is 154 Å². The number of esters is 1. The monoisotopic (exact) mass is 363 g/mol. The van der Waals surface area contributed by atoms with E-state index in [2.05, 4.69) is 15.5 Å². The highest BCUT2D eigenvalue weighted by molar-refractivity contribution is 5.94. The largest absolute Gasteiger partial charge is 0.423 e. The number of hydrazone groups is 1. The zero-order valence-electron chi connectivity index (χ0n) is 14.0. The minimum absolute atomic E-state index is 0.109. The highest BCUT2D eigenvalue weighted by atomic mass is 19.1. The van der Waals surface area contributed by atoms with Crippen LogP contribution in [0.4, 0.5) is 4.39 Å². The van der Waals surface area contributed by atoms with Gasteiger partial charge in [-0.3, -0.25) is 9.78 Å². The molecule has 0 aliphatic carbocycles. The molecule has 134 valence electrons. The van der Waals surface area contributed by atoms with E-state index in [4.69, 9.17) is 4.74 Å². The summed E-state index contributed by atoms with van der Waals surface area (Å²) in [7, 11) is 0. The van der Waals surface area contributed by atoms with Gasteiger partial charge in [0.25, 0.3) is 5.91 Å². The molecule has 0 unspecified atom stereocenters. The molecule has 3 rings (SSSR count). The minimum Gasteiger partial charge on any atom is -0.423 e. The summed E-state index contributed by atoms with van der Waals surface area (Å²) in [6.45, 7) is 0. The number of carbonyl (C=O) groups is 2. The Hall–Kier alpha value is -3.87. The predicted molar refractivity (Wildman–Crippen MR) is 97.1 cm³/mol. The second kappa shape index (κ2) is 8.48. The summed E-state index contributed by atoms with van der Waals surface area (Å²) < 4.78 is 18.4. The molecule has 0 spiro atoms. The Kier molecular flexibility index (Phi) is 5.64. The molecule has 0 saturated carbocycles. The molecule has 1 heterocycles. The van der Waals surface area contributed by atoms with Crippen molar-refractivity contribution in [1.29, 1.82) is 0 Å². The van der Waals surface area contributed by atoms with E-state index in [1.54, 1.807) is 42.6 Å². The average Bonchev–Trinajstić information content (AvgIpc) is 2.69. The number of aromatic nitrogens is 1. The lowest BCUT2D eigenvalue weighted by molar-refractivity contribution is 0.0734. The van der Waals surface area contributed by atoms with Crippen LogP contribution in [0.3, 0.4) is 0 Å². The van der Waals surface area contributed by atoms with Gasteiger partial charge in [-0.1, -0.05) is 18.2 Å². The van der Waals surface area contributed by atoms with E-state index in [0.717, 1.165) is 6.07 Å². The third-order valence-electron chi connectivity index (χ3n) is 3.43. The second-order valence-electron chi connectivity index (χ2n) is 5.41. The molecule has 3 aromatic rings. The number of hydrogen-bond donors (Lipinski definition) is 1. The summed E-state index contributed by atoms with van der Waals surface area (Å²) in [6.07, 6.45) is 4.40. The van der Waals surface area contributed by atoms with Crippen LogP contribution in [0.1, 0.15) is 26.3 Å². The molecule has 0 bridgehead atoms. The van der Waals surface area contributed by atoms with Gasteiger partial charge in [0, 0.05) is 12.4 Å². The van der Waals surface area contributed by atoms with Gasteiger partial charge in [-0.25, -0.2) is 14.6 Å². The Morgan fingerprint density at radius 2 is 1.85 bits per heavy atom. The van der Waals surface area contributed by atoms with E-state index in [1.165, 1.54) is 30.6 Å². The zero-order chi connectivity index (χ0) is 19.1. The van der Waals surface area contributed by atoms with Crippen molar-refractivity contribution in [3.05, 3.63) is 95.6 Å². The van der Waals surface area contributed by atoms with Crippen molar-refractivity contribution in [3.8, 4) is 5.75 Å². The van der Waals surface area contributed by atoms with Crippen molar-refractivity contribution in [2.45, 2.75) is 0 Å². The minimum atomic E-state index is -0.673. The van der Waals surface area contributed by atoms with Crippen LogP contribution >= 0.6 is 0 Å². The smallest absolute Gasteiger partial charge is 0.343 e. The Balaban J connectivity index is 1.63. The molecule has 1 aromatic heterocycles. The van der Waals surface area contributed by atoms with Crippen molar-refractivity contribution < 1.29 is 18.7 Å².